The van der Waals surface area contributed by atoms with Crippen LogP contribution in [0, 0.1) is 0 Å². The average Bonchev–Trinajstić information content (AvgIpc) is 3.04. The van der Waals surface area contributed by atoms with Crippen LogP contribution in [0.3, 0.4) is 0 Å². The number of nitrogens with zero attached hydrogens (tertiary/aromatic N) is 3. The number of carbonyl (C=O) groups excluding carboxylic acids is 1. The van der Waals surface area contributed by atoms with Crippen molar-refractivity contribution in [2.24, 2.45) is 0 Å². The van der Waals surface area contributed by atoms with Crippen LogP contribution in [0.15, 0.2) is 75.3 Å². The standard InChI is InChI=1S/C19H16Br2N4OS/c1-2-10-25-18(13-6-8-14(20)9-7-13)23-24-19(25)27-12-17(26)22-16-5-3-4-15(21)11-16/h2-9,11H,1,10,12H2,(H,22,26). The van der Waals surface area contributed by atoms with Crippen molar-refractivity contribution in [3.63, 3.8) is 0 Å². The smallest absolute Gasteiger partial charge is 0.234 e. The summed E-state index contributed by atoms with van der Waals surface area (Å²) in [7, 11) is 0. The molecular formula is C19H16Br2N4OS. The van der Waals surface area contributed by atoms with Crippen LogP contribution in [0.5, 0.6) is 0 Å². The Morgan fingerprint density at radius 1 is 1.15 bits per heavy atom. The lowest BCUT2D eigenvalue weighted by Gasteiger charge is -2.08. The minimum absolute atomic E-state index is 0.101. The molecule has 8 heteroatoms. The normalized spacial score (nSPS) is 10.6. The van der Waals surface area contributed by atoms with E-state index in [1.54, 1.807) is 6.08 Å². The Kier molecular flexibility index (Phi) is 6.87. The van der Waals surface area contributed by atoms with E-state index >= 15 is 0 Å². The fourth-order valence-electron chi connectivity index (χ4n) is 2.40. The van der Waals surface area contributed by atoms with Gasteiger partial charge in [0.05, 0.1) is 5.75 Å². The van der Waals surface area contributed by atoms with Gasteiger partial charge in [0.1, 0.15) is 0 Å². The molecule has 0 saturated heterocycles. The molecule has 3 rings (SSSR count). The second kappa shape index (κ2) is 9.34. The van der Waals surface area contributed by atoms with Gasteiger partial charge in [0.2, 0.25) is 5.91 Å². The fraction of sp³-hybridized carbons (Fsp3) is 0.105. The van der Waals surface area contributed by atoms with E-state index in [-0.39, 0.29) is 11.7 Å². The van der Waals surface area contributed by atoms with E-state index in [0.29, 0.717) is 11.7 Å². The number of hydrogen-bond donors (Lipinski definition) is 1. The van der Waals surface area contributed by atoms with E-state index in [1.807, 2.05) is 53.1 Å². The summed E-state index contributed by atoms with van der Waals surface area (Å²) in [6, 6.07) is 15.3. The number of nitrogens with one attached hydrogen (secondary N) is 1. The lowest BCUT2D eigenvalue weighted by molar-refractivity contribution is -0.113. The Morgan fingerprint density at radius 2 is 1.93 bits per heavy atom. The topological polar surface area (TPSA) is 59.8 Å². The first kappa shape index (κ1) is 19.9. The highest BCUT2D eigenvalue weighted by atomic mass is 79.9. The molecule has 1 amide bonds. The maximum absolute atomic E-state index is 12.3. The van der Waals surface area contributed by atoms with Crippen molar-refractivity contribution in [3.8, 4) is 11.4 Å². The summed E-state index contributed by atoms with van der Waals surface area (Å²) < 4.78 is 3.87. The molecule has 0 unspecified atom stereocenters. The van der Waals surface area contributed by atoms with Gasteiger partial charge in [-0.1, -0.05) is 67.9 Å². The molecule has 0 aliphatic heterocycles. The molecule has 0 spiro atoms. The molecule has 1 heterocycles. The predicted octanol–water partition coefficient (Wildman–Crippen LogP) is 5.39. The third-order valence-electron chi connectivity index (χ3n) is 3.57. The van der Waals surface area contributed by atoms with Crippen LogP contribution in [0.4, 0.5) is 5.69 Å². The van der Waals surface area contributed by atoms with Crippen molar-refractivity contribution in [1.29, 1.82) is 0 Å². The van der Waals surface area contributed by atoms with Gasteiger partial charge in [-0.25, -0.2) is 0 Å². The first-order valence-corrected chi connectivity index (χ1v) is 10.6. The average molecular weight is 508 g/mol. The molecule has 0 atom stereocenters. The molecule has 0 radical (unpaired) electrons. The highest BCUT2D eigenvalue weighted by Crippen LogP contribution is 2.25. The number of benzene rings is 2. The molecule has 0 aliphatic carbocycles. The summed E-state index contributed by atoms with van der Waals surface area (Å²) in [5.74, 6) is 0.885. The van der Waals surface area contributed by atoms with Crippen LogP contribution in [0.25, 0.3) is 11.4 Å². The van der Waals surface area contributed by atoms with Crippen molar-refractivity contribution in [2.75, 3.05) is 11.1 Å². The van der Waals surface area contributed by atoms with E-state index < -0.39 is 0 Å². The number of anilines is 1. The van der Waals surface area contributed by atoms with Gasteiger partial charge in [0, 0.05) is 26.7 Å². The van der Waals surface area contributed by atoms with Gasteiger partial charge in [0.15, 0.2) is 11.0 Å². The van der Waals surface area contributed by atoms with Crippen molar-refractivity contribution in [1.82, 2.24) is 14.8 Å². The van der Waals surface area contributed by atoms with E-state index in [1.165, 1.54) is 11.8 Å². The van der Waals surface area contributed by atoms with E-state index in [4.69, 9.17) is 0 Å². The van der Waals surface area contributed by atoms with Crippen LogP contribution in [-0.2, 0) is 11.3 Å². The van der Waals surface area contributed by atoms with Gasteiger partial charge in [-0.3, -0.25) is 9.36 Å². The molecule has 27 heavy (non-hydrogen) atoms. The van der Waals surface area contributed by atoms with Crippen LogP contribution < -0.4 is 5.32 Å². The first-order chi connectivity index (χ1) is 13.1. The zero-order valence-electron chi connectivity index (χ0n) is 14.2. The maximum atomic E-state index is 12.3. The largest absolute Gasteiger partial charge is 0.325 e. The third kappa shape index (κ3) is 5.31. The van der Waals surface area contributed by atoms with Crippen LogP contribution in [-0.4, -0.2) is 26.4 Å². The highest BCUT2D eigenvalue weighted by molar-refractivity contribution is 9.10. The fourth-order valence-corrected chi connectivity index (χ4v) is 3.81. The Hall–Kier alpha value is -1.90. The van der Waals surface area contributed by atoms with Gasteiger partial charge >= 0.3 is 0 Å². The van der Waals surface area contributed by atoms with Crippen molar-refractivity contribution >= 4 is 55.2 Å². The van der Waals surface area contributed by atoms with E-state index in [2.05, 4.69) is 54.0 Å². The minimum Gasteiger partial charge on any atom is -0.325 e. The monoisotopic (exact) mass is 506 g/mol. The van der Waals surface area contributed by atoms with Crippen molar-refractivity contribution < 1.29 is 4.79 Å². The number of aromatic nitrogens is 3. The number of halogens is 2. The number of allylic oxidation sites excluding steroid dienone is 1. The number of carbonyl (C=O) groups is 1. The van der Waals surface area contributed by atoms with Crippen molar-refractivity contribution in [3.05, 3.63) is 70.1 Å². The number of hydrogen-bond acceptors (Lipinski definition) is 4. The number of thioether (sulfide) groups is 1. The molecule has 0 aliphatic rings. The van der Waals surface area contributed by atoms with Gasteiger partial charge in [-0.15, -0.1) is 16.8 Å². The Morgan fingerprint density at radius 3 is 2.63 bits per heavy atom. The van der Waals surface area contributed by atoms with Crippen LogP contribution in [0.2, 0.25) is 0 Å². The summed E-state index contributed by atoms with van der Waals surface area (Å²) in [6.45, 7) is 4.37. The predicted molar refractivity (Wildman–Crippen MR) is 117 cm³/mol. The summed E-state index contributed by atoms with van der Waals surface area (Å²) in [5, 5.41) is 12.1. The van der Waals surface area contributed by atoms with Crippen LogP contribution in [0.1, 0.15) is 0 Å². The quantitative estimate of drug-likeness (QED) is 0.344. The van der Waals surface area contributed by atoms with Crippen LogP contribution >= 0.6 is 43.6 Å². The third-order valence-corrected chi connectivity index (χ3v) is 5.56. The summed E-state index contributed by atoms with van der Waals surface area (Å²) in [5.41, 5.74) is 1.70. The SMILES string of the molecule is C=CCn1c(SCC(=O)Nc2cccc(Br)c2)nnc1-c1ccc(Br)cc1. The van der Waals surface area contributed by atoms with Crippen molar-refractivity contribution in [2.45, 2.75) is 11.7 Å². The van der Waals surface area contributed by atoms with Gasteiger partial charge in [0.25, 0.3) is 0 Å². The Labute approximate surface area is 178 Å². The minimum atomic E-state index is -0.101. The van der Waals surface area contributed by atoms with E-state index in [0.717, 1.165) is 26.0 Å². The van der Waals surface area contributed by atoms with Gasteiger partial charge < -0.3 is 5.32 Å². The molecule has 0 bridgehead atoms. The first-order valence-electron chi connectivity index (χ1n) is 8.05. The molecule has 1 aromatic heterocycles. The highest BCUT2D eigenvalue weighted by Gasteiger charge is 2.15. The zero-order chi connectivity index (χ0) is 19.2. The summed E-state index contributed by atoms with van der Waals surface area (Å²) in [4.78, 5) is 12.3. The summed E-state index contributed by atoms with van der Waals surface area (Å²) >= 11 is 8.17. The van der Waals surface area contributed by atoms with E-state index in [9.17, 15) is 4.79 Å². The Balaban J connectivity index is 1.72. The lowest BCUT2D eigenvalue weighted by atomic mass is 10.2. The maximum Gasteiger partial charge on any atom is 0.234 e. The lowest BCUT2D eigenvalue weighted by Crippen LogP contribution is -2.14. The Bertz CT molecular complexity index is 957. The number of rotatable bonds is 7. The van der Waals surface area contributed by atoms with Gasteiger partial charge in [-0.05, 0) is 30.3 Å². The molecule has 0 fully saturated rings. The molecule has 5 nitrogen and oxygen atoms in total. The molecular weight excluding hydrogens is 492 g/mol. The second-order valence-electron chi connectivity index (χ2n) is 5.56. The number of amides is 1. The molecule has 1 N–H and O–H groups in total. The zero-order valence-corrected chi connectivity index (χ0v) is 18.2. The molecule has 138 valence electrons. The molecule has 0 saturated carbocycles. The second-order valence-corrected chi connectivity index (χ2v) is 8.33. The molecule has 3 aromatic rings. The molecule has 2 aromatic carbocycles. The summed E-state index contributed by atoms with van der Waals surface area (Å²) in [6.07, 6.45) is 1.79. The van der Waals surface area contributed by atoms with Gasteiger partial charge in [-0.2, -0.15) is 0 Å².